The van der Waals surface area contributed by atoms with E-state index in [4.69, 9.17) is 23.2 Å². The number of anilines is 1. The largest absolute Gasteiger partial charge is 0.381 e. The minimum absolute atomic E-state index is 0.707. The smallest absolute Gasteiger partial charge is 0.0549 e. The first-order valence-electron chi connectivity index (χ1n) is 5.08. The quantitative estimate of drug-likeness (QED) is 0.797. The van der Waals surface area contributed by atoms with Crippen LogP contribution in [0.4, 0.5) is 5.69 Å². The van der Waals surface area contributed by atoms with Crippen molar-refractivity contribution in [3.05, 3.63) is 62.5 Å². The minimum Gasteiger partial charge on any atom is -0.381 e. The average molecular weight is 331 g/mol. The maximum absolute atomic E-state index is 5.93. The van der Waals surface area contributed by atoms with Gasteiger partial charge < -0.3 is 5.32 Å². The average Bonchev–Trinajstić information content (AvgIpc) is 2.31. The first kappa shape index (κ1) is 12.7. The minimum atomic E-state index is 0.707. The molecule has 0 bridgehead atoms. The van der Waals surface area contributed by atoms with Crippen LogP contribution in [0.15, 0.2) is 46.9 Å². The Morgan fingerprint density at radius 3 is 2.59 bits per heavy atom. The van der Waals surface area contributed by atoms with Crippen LogP contribution in [-0.4, -0.2) is 0 Å². The van der Waals surface area contributed by atoms with Gasteiger partial charge in [-0.3, -0.25) is 0 Å². The SMILES string of the molecule is Clc1cccc(CNc2ccc(Cl)c(Br)c2)c1. The van der Waals surface area contributed by atoms with Crippen molar-refractivity contribution in [2.45, 2.75) is 6.54 Å². The lowest BCUT2D eigenvalue weighted by molar-refractivity contribution is 1.15. The van der Waals surface area contributed by atoms with Gasteiger partial charge in [-0.05, 0) is 51.8 Å². The summed E-state index contributed by atoms with van der Waals surface area (Å²) in [6.07, 6.45) is 0. The molecule has 0 amide bonds. The Morgan fingerprint density at radius 2 is 1.88 bits per heavy atom. The van der Waals surface area contributed by atoms with E-state index in [0.717, 1.165) is 27.3 Å². The molecule has 1 N–H and O–H groups in total. The molecule has 17 heavy (non-hydrogen) atoms. The number of nitrogens with one attached hydrogen (secondary N) is 1. The summed E-state index contributed by atoms with van der Waals surface area (Å²) in [5.41, 5.74) is 2.16. The van der Waals surface area contributed by atoms with E-state index in [1.807, 2.05) is 42.5 Å². The zero-order chi connectivity index (χ0) is 12.3. The third-order valence-corrected chi connectivity index (χ3v) is 3.75. The van der Waals surface area contributed by atoms with E-state index in [-0.39, 0.29) is 0 Å². The van der Waals surface area contributed by atoms with Crippen molar-refractivity contribution >= 4 is 44.8 Å². The van der Waals surface area contributed by atoms with Crippen molar-refractivity contribution < 1.29 is 0 Å². The van der Waals surface area contributed by atoms with Gasteiger partial charge in [0.15, 0.2) is 0 Å². The summed E-state index contributed by atoms with van der Waals surface area (Å²) in [5.74, 6) is 0. The molecule has 2 aromatic rings. The lowest BCUT2D eigenvalue weighted by Gasteiger charge is -2.08. The molecule has 2 aromatic carbocycles. The molecular weight excluding hydrogens is 321 g/mol. The highest BCUT2D eigenvalue weighted by molar-refractivity contribution is 9.10. The summed E-state index contributed by atoms with van der Waals surface area (Å²) in [7, 11) is 0. The van der Waals surface area contributed by atoms with Gasteiger partial charge in [-0.2, -0.15) is 0 Å². The highest BCUT2D eigenvalue weighted by Crippen LogP contribution is 2.25. The van der Waals surface area contributed by atoms with Gasteiger partial charge in [0.2, 0.25) is 0 Å². The van der Waals surface area contributed by atoms with E-state index in [1.165, 1.54) is 0 Å². The lowest BCUT2D eigenvalue weighted by atomic mass is 10.2. The standard InChI is InChI=1S/C13H10BrCl2N/c14-12-7-11(4-5-13(12)16)17-8-9-2-1-3-10(15)6-9/h1-7,17H,8H2. The molecule has 0 radical (unpaired) electrons. The second kappa shape index (κ2) is 5.76. The summed E-state index contributed by atoms with van der Waals surface area (Å²) >= 11 is 15.2. The molecule has 0 saturated heterocycles. The number of halogens is 3. The summed E-state index contributed by atoms with van der Waals surface area (Å²) in [6.45, 7) is 0.731. The molecule has 0 atom stereocenters. The topological polar surface area (TPSA) is 12.0 Å². The number of benzene rings is 2. The Hall–Kier alpha value is -0.700. The van der Waals surface area contributed by atoms with Crippen LogP contribution in [0.2, 0.25) is 10.0 Å². The van der Waals surface area contributed by atoms with E-state index in [2.05, 4.69) is 21.2 Å². The van der Waals surface area contributed by atoms with Crippen LogP contribution in [0, 0.1) is 0 Å². The number of hydrogen-bond acceptors (Lipinski definition) is 1. The molecule has 2 rings (SSSR count). The fourth-order valence-corrected chi connectivity index (χ4v) is 2.17. The van der Waals surface area contributed by atoms with Crippen molar-refractivity contribution in [1.82, 2.24) is 0 Å². The van der Waals surface area contributed by atoms with Gasteiger partial charge in [0.05, 0.1) is 5.02 Å². The summed E-state index contributed by atoms with van der Waals surface area (Å²) < 4.78 is 0.885. The van der Waals surface area contributed by atoms with E-state index < -0.39 is 0 Å². The number of hydrogen-bond donors (Lipinski definition) is 1. The lowest BCUT2D eigenvalue weighted by Crippen LogP contribution is -1.99. The van der Waals surface area contributed by atoms with E-state index in [1.54, 1.807) is 0 Å². The van der Waals surface area contributed by atoms with Crippen molar-refractivity contribution in [3.8, 4) is 0 Å². The van der Waals surface area contributed by atoms with Gasteiger partial charge >= 0.3 is 0 Å². The molecule has 1 nitrogen and oxygen atoms in total. The third-order valence-electron chi connectivity index (χ3n) is 2.31. The van der Waals surface area contributed by atoms with Crippen molar-refractivity contribution in [2.75, 3.05) is 5.32 Å². The Morgan fingerprint density at radius 1 is 1.06 bits per heavy atom. The van der Waals surface area contributed by atoms with Gasteiger partial charge in [-0.25, -0.2) is 0 Å². The number of rotatable bonds is 3. The maximum Gasteiger partial charge on any atom is 0.0549 e. The third kappa shape index (κ3) is 3.63. The Balaban J connectivity index is 2.05. The van der Waals surface area contributed by atoms with Crippen molar-refractivity contribution in [2.24, 2.45) is 0 Å². The molecule has 0 fully saturated rings. The molecular formula is C13H10BrCl2N. The maximum atomic E-state index is 5.93. The van der Waals surface area contributed by atoms with Crippen LogP contribution in [0.1, 0.15) is 5.56 Å². The van der Waals surface area contributed by atoms with Gasteiger partial charge in [-0.15, -0.1) is 0 Å². The highest BCUT2D eigenvalue weighted by Gasteiger charge is 1.99. The molecule has 88 valence electrons. The van der Waals surface area contributed by atoms with Crippen LogP contribution in [-0.2, 0) is 6.54 Å². The van der Waals surface area contributed by atoms with Crippen LogP contribution in [0.25, 0.3) is 0 Å². The van der Waals surface area contributed by atoms with Crippen LogP contribution >= 0.6 is 39.1 Å². The highest BCUT2D eigenvalue weighted by atomic mass is 79.9. The first-order valence-corrected chi connectivity index (χ1v) is 6.63. The van der Waals surface area contributed by atoms with Crippen molar-refractivity contribution in [3.63, 3.8) is 0 Å². The Kier molecular flexibility index (Phi) is 4.32. The fraction of sp³-hybridized carbons (Fsp3) is 0.0769. The van der Waals surface area contributed by atoms with E-state index in [0.29, 0.717) is 5.02 Å². The van der Waals surface area contributed by atoms with E-state index >= 15 is 0 Å². The van der Waals surface area contributed by atoms with E-state index in [9.17, 15) is 0 Å². The molecule has 0 unspecified atom stereocenters. The van der Waals surface area contributed by atoms with Crippen LogP contribution in [0.5, 0.6) is 0 Å². The second-order valence-corrected chi connectivity index (χ2v) is 5.31. The summed E-state index contributed by atoms with van der Waals surface area (Å²) in [5, 5.41) is 4.77. The van der Waals surface area contributed by atoms with Gasteiger partial charge in [0.25, 0.3) is 0 Å². The first-order chi connectivity index (χ1) is 8.15. The summed E-state index contributed by atoms with van der Waals surface area (Å²) in [4.78, 5) is 0. The predicted molar refractivity (Wildman–Crippen MR) is 77.9 cm³/mol. The molecule has 4 heteroatoms. The molecule has 0 heterocycles. The molecule has 0 aromatic heterocycles. The molecule has 0 aliphatic carbocycles. The van der Waals surface area contributed by atoms with Crippen LogP contribution < -0.4 is 5.32 Å². The monoisotopic (exact) mass is 329 g/mol. The second-order valence-electron chi connectivity index (χ2n) is 3.61. The zero-order valence-corrected chi connectivity index (χ0v) is 12.0. The zero-order valence-electron chi connectivity index (χ0n) is 8.88. The Bertz CT molecular complexity index is 529. The summed E-state index contributed by atoms with van der Waals surface area (Å²) in [6, 6.07) is 13.5. The van der Waals surface area contributed by atoms with Gasteiger partial charge in [-0.1, -0.05) is 35.3 Å². The normalized spacial score (nSPS) is 10.3. The van der Waals surface area contributed by atoms with Gasteiger partial charge in [0.1, 0.15) is 0 Å². The molecule has 0 spiro atoms. The molecule has 0 aliphatic rings. The Labute approximate surface area is 119 Å². The van der Waals surface area contributed by atoms with Gasteiger partial charge in [0, 0.05) is 21.7 Å². The molecule has 0 saturated carbocycles. The predicted octanol–water partition coefficient (Wildman–Crippen LogP) is 5.37. The van der Waals surface area contributed by atoms with Crippen molar-refractivity contribution in [1.29, 1.82) is 0 Å². The molecule has 0 aliphatic heterocycles. The van der Waals surface area contributed by atoms with Crippen LogP contribution in [0.3, 0.4) is 0 Å². The fourth-order valence-electron chi connectivity index (χ4n) is 1.46.